The molecule has 3 N–H and O–H groups in total. The second-order valence-corrected chi connectivity index (χ2v) is 5.54. The summed E-state index contributed by atoms with van der Waals surface area (Å²) in [4.78, 5) is 12.3. The van der Waals surface area contributed by atoms with E-state index in [0.29, 0.717) is 27.9 Å². The van der Waals surface area contributed by atoms with Crippen molar-refractivity contribution in [1.29, 1.82) is 0 Å². The number of aliphatic hydroxyl groups excluding tert-OH is 1. The van der Waals surface area contributed by atoms with Crippen molar-refractivity contribution >= 4 is 29.0 Å². The van der Waals surface area contributed by atoms with E-state index in [2.05, 4.69) is 15.5 Å². The molecule has 3 aromatic rings. The van der Waals surface area contributed by atoms with E-state index in [1.807, 2.05) is 6.08 Å². The number of amides is 1. The molecule has 0 aliphatic rings. The average Bonchev–Trinajstić information content (AvgIpc) is 3.08. The van der Waals surface area contributed by atoms with Crippen molar-refractivity contribution < 1.29 is 19.0 Å². The molecule has 0 bridgehead atoms. The average molecular weight is 355 g/mol. The lowest BCUT2D eigenvalue weighted by Gasteiger charge is -2.10. The number of benzene rings is 2. The van der Waals surface area contributed by atoms with Gasteiger partial charge in [-0.05, 0) is 35.9 Å². The highest BCUT2D eigenvalue weighted by Crippen LogP contribution is 2.32. The van der Waals surface area contributed by atoms with Crippen LogP contribution in [0.4, 0.5) is 4.39 Å². The summed E-state index contributed by atoms with van der Waals surface area (Å²) in [5.41, 5.74) is 2.49. The molecule has 0 spiro atoms. The Morgan fingerprint density at radius 1 is 1.27 bits per heavy atom. The van der Waals surface area contributed by atoms with Crippen LogP contribution in [0.2, 0.25) is 0 Å². The summed E-state index contributed by atoms with van der Waals surface area (Å²) in [5.74, 6) is -0.243. The van der Waals surface area contributed by atoms with E-state index in [4.69, 9.17) is 9.84 Å². The molecule has 3 rings (SSSR count). The van der Waals surface area contributed by atoms with Crippen LogP contribution < -0.4 is 10.1 Å². The Bertz CT molecular complexity index is 949. The first-order chi connectivity index (χ1) is 12.6. The summed E-state index contributed by atoms with van der Waals surface area (Å²) in [6, 6.07) is 9.44. The molecule has 0 aliphatic carbocycles. The molecule has 1 amide bonds. The zero-order valence-corrected chi connectivity index (χ0v) is 14.1. The highest BCUT2D eigenvalue weighted by molar-refractivity contribution is 6.05. The minimum absolute atomic E-state index is 0.145. The summed E-state index contributed by atoms with van der Waals surface area (Å²) >= 11 is 0. The number of methoxy groups -OCH3 is 1. The van der Waals surface area contributed by atoms with E-state index in [9.17, 15) is 9.18 Å². The third kappa shape index (κ3) is 3.57. The predicted octanol–water partition coefficient (Wildman–Crippen LogP) is 2.60. The van der Waals surface area contributed by atoms with Crippen LogP contribution in [0.5, 0.6) is 5.75 Å². The second-order valence-electron chi connectivity index (χ2n) is 5.54. The van der Waals surface area contributed by atoms with Crippen LogP contribution in [0, 0.1) is 5.82 Å². The molecule has 0 atom stereocenters. The summed E-state index contributed by atoms with van der Waals surface area (Å²) < 4.78 is 18.5. The van der Waals surface area contributed by atoms with Gasteiger partial charge in [-0.2, -0.15) is 5.10 Å². The van der Waals surface area contributed by atoms with Crippen LogP contribution in [0.15, 0.2) is 36.4 Å². The Balaban J connectivity index is 2.01. The van der Waals surface area contributed by atoms with Gasteiger partial charge in [-0.25, -0.2) is 4.39 Å². The summed E-state index contributed by atoms with van der Waals surface area (Å²) in [6.45, 7) is 0.0103. The maximum absolute atomic E-state index is 13.0. The van der Waals surface area contributed by atoms with Gasteiger partial charge in [0.15, 0.2) is 0 Å². The molecule has 26 heavy (non-hydrogen) atoms. The van der Waals surface area contributed by atoms with Gasteiger partial charge >= 0.3 is 0 Å². The van der Waals surface area contributed by atoms with Crippen molar-refractivity contribution in [1.82, 2.24) is 15.5 Å². The van der Waals surface area contributed by atoms with Gasteiger partial charge in [-0.3, -0.25) is 9.89 Å². The summed E-state index contributed by atoms with van der Waals surface area (Å²) in [6.07, 6.45) is 3.60. The molecule has 2 aromatic carbocycles. The van der Waals surface area contributed by atoms with Gasteiger partial charge in [0.05, 0.1) is 35.9 Å². The topological polar surface area (TPSA) is 87.2 Å². The molecule has 0 aliphatic heterocycles. The van der Waals surface area contributed by atoms with Gasteiger partial charge in [0.1, 0.15) is 11.6 Å². The molecular formula is C19H18FN3O3. The number of nitrogens with one attached hydrogen (secondary N) is 2. The van der Waals surface area contributed by atoms with Gasteiger partial charge < -0.3 is 15.2 Å². The zero-order valence-electron chi connectivity index (χ0n) is 14.1. The van der Waals surface area contributed by atoms with Gasteiger partial charge in [0.25, 0.3) is 5.91 Å². The lowest BCUT2D eigenvalue weighted by molar-refractivity contribution is 0.0942. The maximum atomic E-state index is 13.0. The standard InChI is InChI=1S/C19H18FN3O3/c1-26-18-14(19(25)21-10-11-24)7-9-16-17(18)15(22-23-16)8-4-12-2-5-13(20)6-3-12/h2-9,24H,10-11H2,1H3,(H,21,25)(H,22,23)/b8-4+. The fourth-order valence-electron chi connectivity index (χ4n) is 2.63. The molecule has 0 saturated carbocycles. The van der Waals surface area contributed by atoms with Gasteiger partial charge in [0, 0.05) is 6.54 Å². The number of nitrogens with zero attached hydrogens (tertiary/aromatic N) is 1. The van der Waals surface area contributed by atoms with Crippen molar-refractivity contribution in [2.24, 2.45) is 0 Å². The normalized spacial score (nSPS) is 11.2. The number of hydrogen-bond donors (Lipinski definition) is 3. The molecule has 0 unspecified atom stereocenters. The van der Waals surface area contributed by atoms with Crippen LogP contribution in [0.25, 0.3) is 23.1 Å². The number of H-pyrrole nitrogens is 1. The number of aromatic nitrogens is 2. The van der Waals surface area contributed by atoms with Crippen LogP contribution in [-0.2, 0) is 0 Å². The molecule has 6 nitrogen and oxygen atoms in total. The van der Waals surface area contributed by atoms with Crippen molar-refractivity contribution in [2.45, 2.75) is 0 Å². The maximum Gasteiger partial charge on any atom is 0.255 e. The number of fused-ring (bicyclic) bond motifs is 1. The summed E-state index contributed by atoms with van der Waals surface area (Å²) in [5, 5.41) is 19.3. The number of halogens is 1. The van der Waals surface area contributed by atoms with Crippen LogP contribution in [-0.4, -0.2) is 41.5 Å². The summed E-state index contributed by atoms with van der Waals surface area (Å²) in [7, 11) is 1.48. The lowest BCUT2D eigenvalue weighted by atomic mass is 10.1. The minimum atomic E-state index is -0.340. The third-order valence-corrected chi connectivity index (χ3v) is 3.86. The van der Waals surface area contributed by atoms with E-state index in [0.717, 1.165) is 5.56 Å². The minimum Gasteiger partial charge on any atom is -0.495 e. The number of rotatable bonds is 6. The van der Waals surface area contributed by atoms with Gasteiger partial charge in [-0.15, -0.1) is 0 Å². The highest BCUT2D eigenvalue weighted by atomic mass is 19.1. The van der Waals surface area contributed by atoms with Crippen molar-refractivity contribution in [3.05, 3.63) is 59.0 Å². The first-order valence-electron chi connectivity index (χ1n) is 8.02. The smallest absolute Gasteiger partial charge is 0.255 e. The van der Waals surface area contributed by atoms with E-state index >= 15 is 0 Å². The molecule has 0 saturated heterocycles. The number of carbonyl (C=O) groups excluding carboxylic acids is 1. The van der Waals surface area contributed by atoms with E-state index in [-0.39, 0.29) is 24.9 Å². The van der Waals surface area contributed by atoms with E-state index < -0.39 is 0 Å². The van der Waals surface area contributed by atoms with Crippen molar-refractivity contribution in [2.75, 3.05) is 20.3 Å². The van der Waals surface area contributed by atoms with Crippen LogP contribution in [0.3, 0.4) is 0 Å². The number of aliphatic hydroxyl groups is 1. The largest absolute Gasteiger partial charge is 0.495 e. The molecule has 1 heterocycles. The molecular weight excluding hydrogens is 337 g/mol. The first kappa shape index (κ1) is 17.6. The zero-order chi connectivity index (χ0) is 18.5. The predicted molar refractivity (Wildman–Crippen MR) is 97.4 cm³/mol. The molecule has 0 fully saturated rings. The molecule has 134 valence electrons. The lowest BCUT2D eigenvalue weighted by Crippen LogP contribution is -2.26. The Kier molecular flexibility index (Phi) is 5.28. The number of hydrogen-bond acceptors (Lipinski definition) is 4. The Labute approximate surface area is 149 Å². The first-order valence-corrected chi connectivity index (χ1v) is 8.02. The quantitative estimate of drug-likeness (QED) is 0.634. The number of aromatic amines is 1. The van der Waals surface area contributed by atoms with Gasteiger partial charge in [-0.1, -0.05) is 18.2 Å². The van der Waals surface area contributed by atoms with Crippen LogP contribution in [0.1, 0.15) is 21.6 Å². The molecule has 7 heteroatoms. The Hall–Kier alpha value is -3.19. The van der Waals surface area contributed by atoms with Crippen molar-refractivity contribution in [3.8, 4) is 5.75 Å². The fraction of sp³-hybridized carbons (Fsp3) is 0.158. The highest BCUT2D eigenvalue weighted by Gasteiger charge is 2.18. The van der Waals surface area contributed by atoms with Gasteiger partial charge in [0.2, 0.25) is 0 Å². The molecule has 1 aromatic heterocycles. The Morgan fingerprint density at radius 3 is 2.73 bits per heavy atom. The van der Waals surface area contributed by atoms with E-state index in [1.165, 1.54) is 19.2 Å². The SMILES string of the molecule is COc1c(C(=O)NCCO)ccc2n[nH]c(/C=C/c3ccc(F)cc3)c12. The fourth-order valence-corrected chi connectivity index (χ4v) is 2.63. The van der Waals surface area contributed by atoms with E-state index in [1.54, 1.807) is 30.3 Å². The number of carbonyl (C=O) groups is 1. The number of ether oxygens (including phenoxy) is 1. The second kappa shape index (κ2) is 7.79. The monoisotopic (exact) mass is 355 g/mol. The molecule has 0 radical (unpaired) electrons. The Morgan fingerprint density at radius 2 is 2.04 bits per heavy atom. The third-order valence-electron chi connectivity index (χ3n) is 3.86. The van der Waals surface area contributed by atoms with Crippen molar-refractivity contribution in [3.63, 3.8) is 0 Å². The van der Waals surface area contributed by atoms with Crippen LogP contribution >= 0.6 is 0 Å².